The predicted molar refractivity (Wildman–Crippen MR) is 147 cm³/mol. The summed E-state index contributed by atoms with van der Waals surface area (Å²) in [5.41, 5.74) is 6.10. The summed E-state index contributed by atoms with van der Waals surface area (Å²) in [4.78, 5) is 33.0. The standard InChI is InChI=1S/C29H31N7O3/c1-17-30-8-6-25(33-17)34-22-11-19(15-32-27(22)39-4)20-5-7-31-26(21(20)16-37)36-10-9-35-23(28(36)38)12-18-13-29(2,3)14-24(18)35/h5-8,11-12,15,37H,9-10,13-14,16H2,1-4H3,(H,30,33,34). The van der Waals surface area contributed by atoms with Gasteiger partial charge in [0.1, 0.15) is 28.8 Å². The number of hydrogen-bond donors (Lipinski definition) is 2. The van der Waals surface area contributed by atoms with Crippen molar-refractivity contribution in [2.75, 3.05) is 23.9 Å². The zero-order valence-corrected chi connectivity index (χ0v) is 22.5. The number of pyridine rings is 2. The molecule has 0 spiro atoms. The van der Waals surface area contributed by atoms with E-state index in [9.17, 15) is 9.90 Å². The van der Waals surface area contributed by atoms with E-state index in [4.69, 9.17) is 4.74 Å². The highest BCUT2D eigenvalue weighted by atomic mass is 16.5. The number of aryl methyl sites for hydroxylation is 1. The molecule has 5 heterocycles. The average Bonchev–Trinajstić information content (AvgIpc) is 3.40. The van der Waals surface area contributed by atoms with Crippen molar-refractivity contribution < 1.29 is 14.6 Å². The van der Waals surface area contributed by atoms with Gasteiger partial charge in [-0.2, -0.15) is 0 Å². The van der Waals surface area contributed by atoms with Crippen molar-refractivity contribution in [2.24, 2.45) is 5.41 Å². The number of rotatable bonds is 6. The van der Waals surface area contributed by atoms with Gasteiger partial charge in [0.2, 0.25) is 5.88 Å². The van der Waals surface area contributed by atoms with Gasteiger partial charge in [0.15, 0.2) is 0 Å². The third kappa shape index (κ3) is 4.40. The topological polar surface area (TPSA) is 118 Å². The van der Waals surface area contributed by atoms with Crippen molar-refractivity contribution in [3.8, 4) is 17.0 Å². The van der Waals surface area contributed by atoms with Crippen LogP contribution in [0.1, 0.15) is 47.0 Å². The number of ether oxygens (including phenoxy) is 1. The molecule has 39 heavy (non-hydrogen) atoms. The average molecular weight is 526 g/mol. The van der Waals surface area contributed by atoms with Gasteiger partial charge < -0.3 is 19.7 Å². The number of amides is 1. The minimum Gasteiger partial charge on any atom is -0.480 e. The fourth-order valence-corrected chi connectivity index (χ4v) is 5.77. The van der Waals surface area contributed by atoms with E-state index >= 15 is 0 Å². The van der Waals surface area contributed by atoms with Gasteiger partial charge in [-0.1, -0.05) is 13.8 Å². The van der Waals surface area contributed by atoms with Crippen molar-refractivity contribution in [3.05, 3.63) is 71.2 Å². The maximum atomic E-state index is 13.7. The lowest BCUT2D eigenvalue weighted by molar-refractivity contribution is 0.0962. The highest BCUT2D eigenvalue weighted by Crippen LogP contribution is 2.40. The predicted octanol–water partition coefficient (Wildman–Crippen LogP) is 4.07. The number of anilines is 3. The number of aliphatic hydroxyl groups excluding tert-OH is 1. The molecule has 1 aliphatic carbocycles. The van der Waals surface area contributed by atoms with Crippen LogP contribution in [0, 0.1) is 12.3 Å². The van der Waals surface area contributed by atoms with Gasteiger partial charge in [-0.15, -0.1) is 0 Å². The minimum atomic E-state index is -0.284. The van der Waals surface area contributed by atoms with E-state index in [0.29, 0.717) is 53.4 Å². The molecular formula is C29H31N7O3. The molecule has 10 nitrogen and oxygen atoms in total. The van der Waals surface area contributed by atoms with Crippen molar-refractivity contribution in [1.29, 1.82) is 0 Å². The van der Waals surface area contributed by atoms with E-state index in [1.165, 1.54) is 11.3 Å². The zero-order chi connectivity index (χ0) is 27.3. The maximum Gasteiger partial charge on any atom is 0.276 e. The van der Waals surface area contributed by atoms with Crippen molar-refractivity contribution in [2.45, 2.75) is 46.8 Å². The molecule has 0 unspecified atom stereocenters. The second-order valence-electron chi connectivity index (χ2n) is 10.8. The molecule has 0 saturated heterocycles. The van der Waals surface area contributed by atoms with Gasteiger partial charge in [-0.05, 0) is 60.6 Å². The fourth-order valence-electron chi connectivity index (χ4n) is 5.77. The summed E-state index contributed by atoms with van der Waals surface area (Å²) in [5.74, 6) is 2.01. The van der Waals surface area contributed by atoms with E-state index in [-0.39, 0.29) is 17.9 Å². The first-order chi connectivity index (χ1) is 18.8. The lowest BCUT2D eigenvalue weighted by Gasteiger charge is -2.31. The number of aromatic nitrogens is 5. The largest absolute Gasteiger partial charge is 0.480 e. The van der Waals surface area contributed by atoms with E-state index in [0.717, 1.165) is 24.0 Å². The van der Waals surface area contributed by atoms with Crippen LogP contribution in [0.5, 0.6) is 5.88 Å². The fraction of sp³-hybridized carbons (Fsp3) is 0.345. The molecule has 0 radical (unpaired) electrons. The Bertz CT molecular complexity index is 1590. The number of fused-ring (bicyclic) bond motifs is 3. The Morgan fingerprint density at radius 2 is 1.92 bits per heavy atom. The first kappa shape index (κ1) is 25.0. The number of carbonyl (C=O) groups is 1. The summed E-state index contributed by atoms with van der Waals surface area (Å²) in [7, 11) is 1.55. The molecule has 0 saturated carbocycles. The number of nitrogens with one attached hydrogen (secondary N) is 1. The smallest absolute Gasteiger partial charge is 0.276 e. The number of carbonyl (C=O) groups excluding carboxylic acids is 1. The Morgan fingerprint density at radius 1 is 1.10 bits per heavy atom. The zero-order valence-electron chi connectivity index (χ0n) is 22.5. The first-order valence-corrected chi connectivity index (χ1v) is 13.0. The van der Waals surface area contributed by atoms with Crippen LogP contribution >= 0.6 is 0 Å². The van der Waals surface area contributed by atoms with Crippen LogP contribution < -0.4 is 15.0 Å². The molecule has 0 bridgehead atoms. The van der Waals surface area contributed by atoms with Gasteiger partial charge in [-0.3, -0.25) is 9.69 Å². The van der Waals surface area contributed by atoms with Crippen LogP contribution in [-0.2, 0) is 26.0 Å². The summed E-state index contributed by atoms with van der Waals surface area (Å²) < 4.78 is 7.64. The quantitative estimate of drug-likeness (QED) is 0.387. The molecule has 4 aromatic rings. The summed E-state index contributed by atoms with van der Waals surface area (Å²) in [6.07, 6.45) is 6.97. The molecule has 0 aromatic carbocycles. The SMILES string of the molecule is COc1ncc(-c2ccnc(N3CCn4c(cc5c4CC(C)(C)C5)C3=O)c2CO)cc1Nc1ccnc(C)n1. The molecule has 200 valence electrons. The van der Waals surface area contributed by atoms with E-state index in [1.54, 1.807) is 36.7 Å². The molecule has 2 N–H and O–H groups in total. The van der Waals surface area contributed by atoms with Crippen molar-refractivity contribution >= 4 is 23.2 Å². The Hall–Kier alpha value is -4.31. The minimum absolute atomic E-state index is 0.0952. The van der Waals surface area contributed by atoms with Gasteiger partial charge in [0.25, 0.3) is 5.91 Å². The molecule has 0 fully saturated rings. The maximum absolute atomic E-state index is 13.7. The van der Waals surface area contributed by atoms with Gasteiger partial charge in [0, 0.05) is 48.5 Å². The number of aliphatic hydroxyl groups is 1. The van der Waals surface area contributed by atoms with Crippen LogP contribution in [0.25, 0.3) is 11.1 Å². The van der Waals surface area contributed by atoms with E-state index in [1.807, 2.05) is 25.1 Å². The normalized spacial score (nSPS) is 15.7. The molecule has 10 heteroatoms. The Kier molecular flexibility index (Phi) is 6.06. The summed E-state index contributed by atoms with van der Waals surface area (Å²) in [5, 5.41) is 13.7. The molecule has 1 aliphatic heterocycles. The second kappa shape index (κ2) is 9.46. The Balaban J connectivity index is 1.36. The lowest BCUT2D eigenvalue weighted by Crippen LogP contribution is -2.41. The summed E-state index contributed by atoms with van der Waals surface area (Å²) >= 11 is 0. The molecule has 2 aliphatic rings. The third-order valence-electron chi connectivity index (χ3n) is 7.47. The Morgan fingerprint density at radius 3 is 2.69 bits per heavy atom. The number of methoxy groups -OCH3 is 1. The molecule has 4 aromatic heterocycles. The van der Waals surface area contributed by atoms with Crippen LogP contribution in [0.2, 0.25) is 0 Å². The van der Waals surface area contributed by atoms with Gasteiger partial charge in [-0.25, -0.2) is 19.9 Å². The molecule has 0 atom stereocenters. The Labute approximate surface area is 226 Å². The summed E-state index contributed by atoms with van der Waals surface area (Å²) in [6, 6.07) is 7.51. The highest BCUT2D eigenvalue weighted by Gasteiger charge is 2.37. The second-order valence-corrected chi connectivity index (χ2v) is 10.8. The van der Waals surface area contributed by atoms with Crippen molar-refractivity contribution in [3.63, 3.8) is 0 Å². The van der Waals surface area contributed by atoms with E-state index < -0.39 is 0 Å². The summed E-state index contributed by atoms with van der Waals surface area (Å²) in [6.45, 7) is 7.24. The van der Waals surface area contributed by atoms with Gasteiger partial charge >= 0.3 is 0 Å². The van der Waals surface area contributed by atoms with Gasteiger partial charge in [0.05, 0.1) is 13.7 Å². The molecule has 6 rings (SSSR count). The van der Waals surface area contributed by atoms with E-state index in [2.05, 4.69) is 43.7 Å². The molecule has 1 amide bonds. The van der Waals surface area contributed by atoms with Crippen LogP contribution in [0.3, 0.4) is 0 Å². The highest BCUT2D eigenvalue weighted by molar-refractivity contribution is 6.06. The molecular weight excluding hydrogens is 494 g/mol. The van der Waals surface area contributed by atoms with Crippen molar-refractivity contribution in [1.82, 2.24) is 24.5 Å². The number of nitrogens with zero attached hydrogens (tertiary/aromatic N) is 6. The van der Waals surface area contributed by atoms with Crippen LogP contribution in [0.15, 0.2) is 42.9 Å². The monoisotopic (exact) mass is 525 g/mol. The number of hydrogen-bond acceptors (Lipinski definition) is 8. The van der Waals surface area contributed by atoms with Crippen LogP contribution in [-0.4, -0.2) is 49.2 Å². The first-order valence-electron chi connectivity index (χ1n) is 13.0. The third-order valence-corrected chi connectivity index (χ3v) is 7.47. The lowest BCUT2D eigenvalue weighted by atomic mass is 9.90. The van der Waals surface area contributed by atoms with Crippen LogP contribution in [0.4, 0.5) is 17.3 Å².